The second kappa shape index (κ2) is 7.74. The van der Waals surface area contributed by atoms with E-state index in [0.29, 0.717) is 17.1 Å². The number of ether oxygens (including phenoxy) is 1. The summed E-state index contributed by atoms with van der Waals surface area (Å²) in [5.74, 6) is -0.456. The molecule has 0 fully saturated rings. The Bertz CT molecular complexity index is 776. The van der Waals surface area contributed by atoms with E-state index in [-0.39, 0.29) is 5.75 Å². The van der Waals surface area contributed by atoms with Crippen LogP contribution in [0.5, 0.6) is 0 Å². The molecule has 23 heavy (non-hydrogen) atoms. The summed E-state index contributed by atoms with van der Waals surface area (Å²) in [7, 11) is -3.35. The highest BCUT2D eigenvalue weighted by atomic mass is 32.2. The van der Waals surface area contributed by atoms with Crippen LogP contribution >= 0.6 is 0 Å². The van der Waals surface area contributed by atoms with E-state index in [1.165, 1.54) is 6.08 Å². The first-order chi connectivity index (χ1) is 11.0. The molecule has 0 N–H and O–H groups in total. The zero-order chi connectivity index (χ0) is 16.7. The van der Waals surface area contributed by atoms with Crippen LogP contribution in [0.15, 0.2) is 65.6 Å². The molecule has 120 valence electrons. The van der Waals surface area contributed by atoms with Gasteiger partial charge in [0.15, 0.2) is 9.84 Å². The van der Waals surface area contributed by atoms with Crippen molar-refractivity contribution in [2.24, 2.45) is 0 Å². The first-order valence-corrected chi connectivity index (χ1v) is 8.88. The van der Waals surface area contributed by atoms with E-state index in [1.54, 1.807) is 67.6 Å². The number of carbonyl (C=O) groups is 1. The molecule has 0 unspecified atom stereocenters. The van der Waals surface area contributed by atoms with Crippen LogP contribution in [-0.4, -0.2) is 21.0 Å². The highest BCUT2D eigenvalue weighted by Gasteiger charge is 2.14. The van der Waals surface area contributed by atoms with E-state index in [4.69, 9.17) is 4.74 Å². The molecule has 0 radical (unpaired) electrons. The minimum Gasteiger partial charge on any atom is -0.463 e. The van der Waals surface area contributed by atoms with Crippen LogP contribution < -0.4 is 0 Å². The predicted octanol–water partition coefficient (Wildman–Crippen LogP) is 3.24. The fourth-order valence-electron chi connectivity index (χ4n) is 2.01. The molecule has 0 aliphatic heterocycles. The van der Waals surface area contributed by atoms with Gasteiger partial charge in [-0.05, 0) is 36.3 Å². The van der Waals surface area contributed by atoms with E-state index in [1.807, 2.05) is 0 Å². The van der Waals surface area contributed by atoms with E-state index in [9.17, 15) is 13.2 Å². The van der Waals surface area contributed by atoms with Gasteiger partial charge in [-0.1, -0.05) is 42.5 Å². The average molecular weight is 330 g/mol. The fourth-order valence-corrected chi connectivity index (χ4v) is 3.38. The monoisotopic (exact) mass is 330 g/mol. The summed E-state index contributed by atoms with van der Waals surface area (Å²) in [5.41, 5.74) is 1.50. The molecule has 0 saturated heterocycles. The van der Waals surface area contributed by atoms with Gasteiger partial charge in [-0.2, -0.15) is 0 Å². The lowest BCUT2D eigenvalue weighted by Crippen LogP contribution is -2.04. The van der Waals surface area contributed by atoms with E-state index >= 15 is 0 Å². The molecular formula is C18H18O4S. The number of carbonyl (C=O) groups excluding carboxylic acids is 1. The van der Waals surface area contributed by atoms with Gasteiger partial charge in [-0.25, -0.2) is 13.2 Å². The Balaban J connectivity index is 2.07. The molecule has 0 spiro atoms. The van der Waals surface area contributed by atoms with Gasteiger partial charge in [0.05, 0.1) is 17.3 Å². The zero-order valence-electron chi connectivity index (χ0n) is 12.8. The van der Waals surface area contributed by atoms with Gasteiger partial charge in [0, 0.05) is 6.08 Å². The zero-order valence-corrected chi connectivity index (χ0v) is 13.6. The maximum absolute atomic E-state index is 12.3. The van der Waals surface area contributed by atoms with Crippen LogP contribution in [-0.2, 0) is 25.1 Å². The van der Waals surface area contributed by atoms with Gasteiger partial charge < -0.3 is 4.74 Å². The van der Waals surface area contributed by atoms with Crippen molar-refractivity contribution < 1.29 is 17.9 Å². The Hall–Kier alpha value is -2.40. The van der Waals surface area contributed by atoms with Gasteiger partial charge in [0.1, 0.15) is 0 Å². The summed E-state index contributed by atoms with van der Waals surface area (Å²) in [6, 6.07) is 15.4. The smallest absolute Gasteiger partial charge is 0.330 e. The average Bonchev–Trinajstić information content (AvgIpc) is 2.55. The van der Waals surface area contributed by atoms with Crippen molar-refractivity contribution in [2.75, 3.05) is 6.61 Å². The summed E-state index contributed by atoms with van der Waals surface area (Å²) < 4.78 is 29.4. The van der Waals surface area contributed by atoms with E-state index in [0.717, 1.165) is 5.56 Å². The first kappa shape index (κ1) is 17.0. The predicted molar refractivity (Wildman–Crippen MR) is 89.4 cm³/mol. The lowest BCUT2D eigenvalue weighted by atomic mass is 10.1. The Morgan fingerprint density at radius 1 is 1.04 bits per heavy atom. The Morgan fingerprint density at radius 2 is 1.70 bits per heavy atom. The van der Waals surface area contributed by atoms with Crippen molar-refractivity contribution in [1.82, 2.24) is 0 Å². The van der Waals surface area contributed by atoms with Gasteiger partial charge in [-0.3, -0.25) is 0 Å². The molecule has 2 aromatic rings. The normalized spacial score (nSPS) is 11.5. The highest BCUT2D eigenvalue weighted by Crippen LogP contribution is 2.16. The molecule has 0 bridgehead atoms. The van der Waals surface area contributed by atoms with Gasteiger partial charge in [0.2, 0.25) is 0 Å². The van der Waals surface area contributed by atoms with Crippen molar-refractivity contribution in [3.63, 3.8) is 0 Å². The molecule has 0 aliphatic carbocycles. The van der Waals surface area contributed by atoms with Crippen LogP contribution in [0.1, 0.15) is 18.1 Å². The summed E-state index contributed by atoms with van der Waals surface area (Å²) in [4.78, 5) is 11.6. The fraction of sp³-hybridized carbons (Fsp3) is 0.167. The van der Waals surface area contributed by atoms with Gasteiger partial charge in [-0.15, -0.1) is 0 Å². The minimum absolute atomic E-state index is 0.0567. The highest BCUT2D eigenvalue weighted by molar-refractivity contribution is 7.90. The lowest BCUT2D eigenvalue weighted by Gasteiger charge is -2.05. The van der Waals surface area contributed by atoms with E-state index in [2.05, 4.69) is 0 Å². The minimum atomic E-state index is -3.35. The van der Waals surface area contributed by atoms with Crippen molar-refractivity contribution in [3.8, 4) is 0 Å². The Morgan fingerprint density at radius 3 is 2.30 bits per heavy atom. The third-order valence-corrected chi connectivity index (χ3v) is 4.84. The SMILES string of the molecule is CCOC(=O)/C=C/c1ccc(CS(=O)(=O)c2ccccc2)cc1. The number of benzene rings is 2. The molecule has 0 atom stereocenters. The molecule has 4 nitrogen and oxygen atoms in total. The largest absolute Gasteiger partial charge is 0.463 e. The standard InChI is InChI=1S/C18H18O4S/c1-2-22-18(19)13-12-15-8-10-16(11-9-15)14-23(20,21)17-6-4-3-5-7-17/h3-13H,2,14H2,1H3/b13-12+. The molecule has 5 heteroatoms. The maximum Gasteiger partial charge on any atom is 0.330 e. The lowest BCUT2D eigenvalue weighted by molar-refractivity contribution is -0.137. The molecule has 0 aliphatic rings. The van der Waals surface area contributed by atoms with Crippen LogP contribution in [0.2, 0.25) is 0 Å². The molecule has 0 aromatic heterocycles. The first-order valence-electron chi connectivity index (χ1n) is 7.23. The van der Waals surface area contributed by atoms with Crippen LogP contribution in [0.25, 0.3) is 6.08 Å². The van der Waals surface area contributed by atoms with Crippen molar-refractivity contribution in [1.29, 1.82) is 0 Å². The van der Waals surface area contributed by atoms with Gasteiger partial charge in [0.25, 0.3) is 0 Å². The molecule has 2 rings (SSSR count). The number of hydrogen-bond acceptors (Lipinski definition) is 4. The van der Waals surface area contributed by atoms with Crippen molar-refractivity contribution in [3.05, 3.63) is 71.8 Å². The summed E-state index contributed by atoms with van der Waals surface area (Å²) in [6.07, 6.45) is 2.98. The quantitative estimate of drug-likeness (QED) is 0.602. The number of hydrogen-bond donors (Lipinski definition) is 0. The van der Waals surface area contributed by atoms with Crippen LogP contribution in [0.3, 0.4) is 0 Å². The van der Waals surface area contributed by atoms with Crippen LogP contribution in [0, 0.1) is 0 Å². The van der Waals surface area contributed by atoms with Crippen molar-refractivity contribution >= 4 is 21.9 Å². The number of esters is 1. The Labute approximate surface area is 136 Å². The number of rotatable bonds is 6. The summed E-state index contributed by atoms with van der Waals surface area (Å²) in [5, 5.41) is 0. The van der Waals surface area contributed by atoms with Crippen molar-refractivity contribution in [2.45, 2.75) is 17.6 Å². The third kappa shape index (κ3) is 5.07. The molecule has 0 amide bonds. The summed E-state index contributed by atoms with van der Waals surface area (Å²) >= 11 is 0. The maximum atomic E-state index is 12.3. The molecule has 2 aromatic carbocycles. The Kier molecular flexibility index (Phi) is 5.71. The topological polar surface area (TPSA) is 60.4 Å². The number of sulfone groups is 1. The third-order valence-electron chi connectivity index (χ3n) is 3.14. The molecule has 0 saturated carbocycles. The summed E-state index contributed by atoms with van der Waals surface area (Å²) in [6.45, 7) is 2.08. The molecule has 0 heterocycles. The van der Waals surface area contributed by atoms with E-state index < -0.39 is 15.8 Å². The van der Waals surface area contributed by atoms with Crippen LogP contribution in [0.4, 0.5) is 0 Å². The second-order valence-electron chi connectivity index (χ2n) is 4.90. The van der Waals surface area contributed by atoms with Gasteiger partial charge >= 0.3 is 5.97 Å². The molecular weight excluding hydrogens is 312 g/mol. The second-order valence-corrected chi connectivity index (χ2v) is 6.89.